The molecule has 0 spiro atoms. The summed E-state index contributed by atoms with van der Waals surface area (Å²) >= 11 is 0. The molecule has 22 heavy (non-hydrogen) atoms. The highest BCUT2D eigenvalue weighted by atomic mass is 19.4. The number of amides is 1. The topological polar surface area (TPSA) is 113 Å². The first-order valence-corrected chi connectivity index (χ1v) is 5.97. The fraction of sp³-hybridized carbons (Fsp3) is 0.556. The van der Waals surface area contributed by atoms with Gasteiger partial charge in [-0.1, -0.05) is 0 Å². The van der Waals surface area contributed by atoms with Crippen LogP contribution in [0.25, 0.3) is 0 Å². The van der Waals surface area contributed by atoms with E-state index in [0.717, 1.165) is 18.2 Å². The average molecular weight is 320 g/mol. The van der Waals surface area contributed by atoms with E-state index in [1.54, 1.807) is 0 Å². The highest BCUT2D eigenvalue weighted by Crippen LogP contribution is 2.25. The lowest BCUT2D eigenvalue weighted by atomic mass is 10.5. The van der Waals surface area contributed by atoms with Crippen molar-refractivity contribution in [3.8, 4) is 0 Å². The van der Waals surface area contributed by atoms with Crippen molar-refractivity contribution in [3.63, 3.8) is 0 Å². The molecule has 1 N–H and O–H groups in total. The molecule has 0 fully saturated rings. The van der Waals surface area contributed by atoms with Gasteiger partial charge in [0.05, 0.1) is 6.54 Å². The maximum absolute atomic E-state index is 12.6. The number of carbonyl (C=O) groups is 1. The summed E-state index contributed by atoms with van der Waals surface area (Å²) in [6, 6.07) is 0. The van der Waals surface area contributed by atoms with Gasteiger partial charge in [-0.25, -0.2) is 9.48 Å². The molecule has 2 rings (SSSR count). The van der Waals surface area contributed by atoms with Gasteiger partial charge in [-0.15, -0.1) is 15.3 Å². The lowest BCUT2D eigenvalue weighted by Crippen LogP contribution is -2.34. The standard InChI is InChI=1S/C9H11F3N8O2/c1-18-7(9(10,11)12)16-19(8(18)22)3-2-13-6(21)4-20-15-5-14-17-20/h5H,2-4H2,1H3,(H,13,21). The highest BCUT2D eigenvalue weighted by molar-refractivity contribution is 5.75. The van der Waals surface area contributed by atoms with Crippen LogP contribution >= 0.6 is 0 Å². The molecule has 0 unspecified atom stereocenters. The van der Waals surface area contributed by atoms with E-state index < -0.39 is 23.6 Å². The Morgan fingerprint density at radius 2 is 2.14 bits per heavy atom. The van der Waals surface area contributed by atoms with Crippen LogP contribution in [-0.2, 0) is 31.1 Å². The summed E-state index contributed by atoms with van der Waals surface area (Å²) in [7, 11) is 0.976. The van der Waals surface area contributed by atoms with Crippen LogP contribution in [0.5, 0.6) is 0 Å². The second-order valence-corrected chi connectivity index (χ2v) is 4.20. The molecule has 0 aliphatic heterocycles. The molecule has 1 amide bonds. The van der Waals surface area contributed by atoms with Gasteiger partial charge in [0.25, 0.3) is 0 Å². The molecule has 0 radical (unpaired) electrons. The van der Waals surface area contributed by atoms with Crippen molar-refractivity contribution < 1.29 is 18.0 Å². The van der Waals surface area contributed by atoms with E-state index in [4.69, 9.17) is 0 Å². The van der Waals surface area contributed by atoms with Crippen molar-refractivity contribution in [2.24, 2.45) is 7.05 Å². The second kappa shape index (κ2) is 5.95. The Morgan fingerprint density at radius 1 is 1.41 bits per heavy atom. The average Bonchev–Trinajstić information content (AvgIpc) is 3.01. The molecule has 0 aliphatic carbocycles. The van der Waals surface area contributed by atoms with Gasteiger partial charge in [-0.2, -0.15) is 18.0 Å². The number of hydrogen-bond donors (Lipinski definition) is 1. The normalized spacial score (nSPS) is 11.6. The SMILES string of the molecule is Cn1c(C(F)(F)F)nn(CCNC(=O)Cn2ncnn2)c1=O. The first-order valence-electron chi connectivity index (χ1n) is 5.97. The van der Waals surface area contributed by atoms with E-state index in [0.29, 0.717) is 9.25 Å². The minimum atomic E-state index is -4.72. The van der Waals surface area contributed by atoms with E-state index in [2.05, 4.69) is 25.8 Å². The molecule has 0 atom stereocenters. The quantitative estimate of drug-likeness (QED) is 0.710. The summed E-state index contributed by atoms with van der Waals surface area (Å²) in [5, 5.41) is 16.1. The lowest BCUT2D eigenvalue weighted by molar-refractivity contribution is -0.147. The number of nitrogens with zero attached hydrogens (tertiary/aromatic N) is 7. The largest absolute Gasteiger partial charge is 0.451 e. The third-order valence-corrected chi connectivity index (χ3v) is 2.62. The Balaban J connectivity index is 1.92. The fourth-order valence-corrected chi connectivity index (χ4v) is 1.63. The molecule has 0 saturated carbocycles. The molecule has 2 heterocycles. The number of carbonyl (C=O) groups excluding carboxylic acids is 1. The first-order chi connectivity index (χ1) is 10.3. The molecule has 10 nitrogen and oxygen atoms in total. The zero-order valence-corrected chi connectivity index (χ0v) is 11.3. The Labute approximate surface area is 120 Å². The van der Waals surface area contributed by atoms with Gasteiger partial charge in [0.1, 0.15) is 6.54 Å². The molecular weight excluding hydrogens is 309 g/mol. The van der Waals surface area contributed by atoms with Crippen LogP contribution in [0, 0.1) is 0 Å². The zero-order valence-electron chi connectivity index (χ0n) is 11.3. The summed E-state index contributed by atoms with van der Waals surface area (Å²) in [6.45, 7) is -0.452. The molecule has 2 aromatic rings. The maximum atomic E-state index is 12.6. The number of tetrazole rings is 1. The van der Waals surface area contributed by atoms with Crippen molar-refractivity contribution in [1.29, 1.82) is 0 Å². The summed E-state index contributed by atoms with van der Waals surface area (Å²) in [5.74, 6) is -1.77. The molecule has 0 aromatic carbocycles. The number of aromatic nitrogens is 7. The number of nitrogens with one attached hydrogen (secondary N) is 1. The lowest BCUT2D eigenvalue weighted by Gasteiger charge is -2.04. The van der Waals surface area contributed by atoms with E-state index in [1.807, 2.05) is 0 Å². The van der Waals surface area contributed by atoms with E-state index in [9.17, 15) is 22.8 Å². The molecule has 0 aliphatic rings. The Morgan fingerprint density at radius 3 is 2.68 bits per heavy atom. The van der Waals surface area contributed by atoms with Crippen molar-refractivity contribution >= 4 is 5.91 Å². The van der Waals surface area contributed by atoms with Gasteiger partial charge < -0.3 is 5.32 Å². The monoisotopic (exact) mass is 320 g/mol. The summed E-state index contributed by atoms with van der Waals surface area (Å²) in [5.41, 5.74) is -0.917. The van der Waals surface area contributed by atoms with Crippen LogP contribution < -0.4 is 11.0 Å². The van der Waals surface area contributed by atoms with Crippen LogP contribution in [0.4, 0.5) is 13.2 Å². The Bertz CT molecular complexity index is 702. The molecule has 0 saturated heterocycles. The minimum Gasteiger partial charge on any atom is -0.353 e. The molecular formula is C9H11F3N8O2. The number of rotatable bonds is 5. The second-order valence-electron chi connectivity index (χ2n) is 4.20. The van der Waals surface area contributed by atoms with Crippen molar-refractivity contribution in [2.75, 3.05) is 6.54 Å². The molecule has 120 valence electrons. The van der Waals surface area contributed by atoms with Crippen LogP contribution in [0.1, 0.15) is 5.82 Å². The van der Waals surface area contributed by atoms with Crippen LogP contribution in [0.15, 0.2) is 11.1 Å². The smallest absolute Gasteiger partial charge is 0.353 e. The maximum Gasteiger partial charge on any atom is 0.451 e. The number of hydrogen-bond acceptors (Lipinski definition) is 6. The van der Waals surface area contributed by atoms with Gasteiger partial charge >= 0.3 is 11.9 Å². The van der Waals surface area contributed by atoms with Crippen LogP contribution in [0.3, 0.4) is 0 Å². The number of alkyl halides is 3. The minimum absolute atomic E-state index is 0.0677. The molecule has 13 heteroatoms. The molecule has 0 bridgehead atoms. The van der Waals surface area contributed by atoms with Gasteiger partial charge in [-0.3, -0.25) is 9.36 Å². The van der Waals surface area contributed by atoms with Gasteiger partial charge in [0, 0.05) is 13.6 Å². The van der Waals surface area contributed by atoms with E-state index >= 15 is 0 Å². The third-order valence-electron chi connectivity index (χ3n) is 2.62. The van der Waals surface area contributed by atoms with Crippen molar-refractivity contribution in [3.05, 3.63) is 22.6 Å². The van der Waals surface area contributed by atoms with Crippen LogP contribution in [-0.4, -0.2) is 47.0 Å². The van der Waals surface area contributed by atoms with Crippen LogP contribution in [0.2, 0.25) is 0 Å². The summed E-state index contributed by atoms with van der Waals surface area (Å²) < 4.78 is 38.8. The highest BCUT2D eigenvalue weighted by Gasteiger charge is 2.37. The zero-order chi connectivity index (χ0) is 16.3. The Kier molecular flexibility index (Phi) is 4.23. The van der Waals surface area contributed by atoms with Gasteiger partial charge in [0.2, 0.25) is 11.7 Å². The Hall–Kier alpha value is -2.73. The van der Waals surface area contributed by atoms with E-state index in [-0.39, 0.29) is 19.6 Å². The predicted octanol–water partition coefficient (Wildman–Crippen LogP) is -1.60. The third kappa shape index (κ3) is 3.48. The fourth-order valence-electron chi connectivity index (χ4n) is 1.63. The summed E-state index contributed by atoms with van der Waals surface area (Å²) in [4.78, 5) is 24.1. The predicted molar refractivity (Wildman–Crippen MR) is 63.3 cm³/mol. The summed E-state index contributed by atoms with van der Waals surface area (Å²) in [6.07, 6.45) is -3.57. The van der Waals surface area contributed by atoms with Gasteiger partial charge in [-0.05, 0) is 5.21 Å². The number of halogens is 3. The van der Waals surface area contributed by atoms with Gasteiger partial charge in [0.15, 0.2) is 6.33 Å². The first kappa shape index (κ1) is 15.7. The van der Waals surface area contributed by atoms with Crippen molar-refractivity contribution in [2.45, 2.75) is 19.3 Å². The van der Waals surface area contributed by atoms with Crippen molar-refractivity contribution in [1.82, 2.24) is 39.9 Å². The van der Waals surface area contributed by atoms with E-state index in [1.165, 1.54) is 0 Å². The molecule has 2 aromatic heterocycles.